The molecule has 156 valence electrons. The predicted octanol–water partition coefficient (Wildman–Crippen LogP) is 2.44. The summed E-state index contributed by atoms with van der Waals surface area (Å²) >= 11 is 1.39. The summed E-state index contributed by atoms with van der Waals surface area (Å²) in [5.74, 6) is -0.0286. The lowest BCUT2D eigenvalue weighted by atomic mass is 9.95. The van der Waals surface area contributed by atoms with E-state index in [2.05, 4.69) is 20.4 Å². The number of nitrogens with zero attached hydrogens (tertiary/aromatic N) is 5. The molecule has 4 heterocycles. The molecule has 3 aromatic rings. The zero-order valence-electron chi connectivity index (χ0n) is 16.7. The third-order valence-corrected chi connectivity index (χ3v) is 5.82. The largest absolute Gasteiger partial charge is 0.479 e. The van der Waals surface area contributed by atoms with Crippen LogP contribution in [0.1, 0.15) is 23.2 Å². The van der Waals surface area contributed by atoms with E-state index >= 15 is 0 Å². The van der Waals surface area contributed by atoms with Crippen LogP contribution in [0.2, 0.25) is 0 Å². The number of rotatable bonds is 5. The van der Waals surface area contributed by atoms with Gasteiger partial charge >= 0.3 is 0 Å². The minimum absolute atomic E-state index is 0.0619. The summed E-state index contributed by atoms with van der Waals surface area (Å²) in [7, 11) is 3.24. The molecule has 0 aliphatic carbocycles. The Labute approximate surface area is 177 Å². The second-order valence-corrected chi connectivity index (χ2v) is 7.92. The number of methoxy groups -OCH3 is 1. The fraction of sp³-hybridized carbons (Fsp3) is 0.350. The minimum atomic E-state index is -0.157. The predicted molar refractivity (Wildman–Crippen MR) is 112 cm³/mol. The number of hydrogen-bond donors (Lipinski definition) is 1. The third-order valence-electron chi connectivity index (χ3n) is 5.06. The molecule has 0 atom stereocenters. The lowest BCUT2D eigenvalue weighted by molar-refractivity contribution is -0.121. The molecule has 0 aromatic carbocycles. The normalized spacial score (nSPS) is 14.5. The number of amides is 2. The van der Waals surface area contributed by atoms with Gasteiger partial charge in [-0.1, -0.05) is 0 Å². The second-order valence-electron chi connectivity index (χ2n) is 7.06. The first-order chi connectivity index (χ1) is 14.5. The van der Waals surface area contributed by atoms with Crippen molar-refractivity contribution in [2.75, 3.05) is 25.5 Å². The van der Waals surface area contributed by atoms with Crippen molar-refractivity contribution in [3.8, 4) is 17.1 Å². The van der Waals surface area contributed by atoms with Crippen LogP contribution in [0.4, 0.5) is 5.13 Å². The van der Waals surface area contributed by atoms with E-state index in [1.165, 1.54) is 18.4 Å². The lowest BCUT2D eigenvalue weighted by Crippen LogP contribution is -2.41. The molecule has 0 unspecified atom stereocenters. The summed E-state index contributed by atoms with van der Waals surface area (Å²) in [5.41, 5.74) is 2.13. The van der Waals surface area contributed by atoms with E-state index < -0.39 is 0 Å². The van der Waals surface area contributed by atoms with E-state index in [1.54, 1.807) is 35.2 Å². The molecular formula is C20H22N6O3S. The molecular weight excluding hydrogens is 404 g/mol. The van der Waals surface area contributed by atoms with Gasteiger partial charge in [0.2, 0.25) is 11.8 Å². The van der Waals surface area contributed by atoms with E-state index in [-0.39, 0.29) is 17.7 Å². The number of pyridine rings is 1. The van der Waals surface area contributed by atoms with Crippen molar-refractivity contribution < 1.29 is 14.3 Å². The Hall–Kier alpha value is -3.27. The number of aromatic nitrogens is 4. The van der Waals surface area contributed by atoms with Crippen LogP contribution in [0.25, 0.3) is 11.3 Å². The Balaban J connectivity index is 1.33. The van der Waals surface area contributed by atoms with Crippen molar-refractivity contribution in [2.24, 2.45) is 13.0 Å². The summed E-state index contributed by atoms with van der Waals surface area (Å²) in [6.45, 7) is 1.02. The fourth-order valence-electron chi connectivity index (χ4n) is 3.47. The summed E-state index contributed by atoms with van der Waals surface area (Å²) in [6.07, 6.45) is 6.30. The number of aryl methyl sites for hydroxylation is 1. The SMILES string of the molecule is COc1nn(C)cc1C(=O)N1CCC(C(=O)Nc2nc(-c3cccnc3)cs2)CC1. The number of likely N-dealkylation sites (tertiary alicyclic amines) is 1. The number of carbonyl (C=O) groups is 2. The maximum Gasteiger partial charge on any atom is 0.260 e. The average Bonchev–Trinajstić information content (AvgIpc) is 3.40. The fourth-order valence-corrected chi connectivity index (χ4v) is 4.19. The highest BCUT2D eigenvalue weighted by Gasteiger charge is 2.30. The van der Waals surface area contributed by atoms with Crippen molar-refractivity contribution in [1.29, 1.82) is 0 Å². The van der Waals surface area contributed by atoms with Crippen LogP contribution in [-0.4, -0.2) is 56.7 Å². The van der Waals surface area contributed by atoms with Crippen molar-refractivity contribution in [2.45, 2.75) is 12.8 Å². The zero-order valence-corrected chi connectivity index (χ0v) is 17.6. The molecule has 0 spiro atoms. The number of ether oxygens (including phenoxy) is 1. The van der Waals surface area contributed by atoms with E-state index in [9.17, 15) is 9.59 Å². The molecule has 1 N–H and O–H groups in total. The smallest absolute Gasteiger partial charge is 0.260 e. The average molecular weight is 427 g/mol. The highest BCUT2D eigenvalue weighted by molar-refractivity contribution is 7.14. The zero-order chi connectivity index (χ0) is 21.1. The molecule has 30 heavy (non-hydrogen) atoms. The molecule has 1 saturated heterocycles. The van der Waals surface area contributed by atoms with Crippen LogP contribution in [0.3, 0.4) is 0 Å². The summed E-state index contributed by atoms with van der Waals surface area (Å²) in [6, 6.07) is 3.78. The molecule has 0 saturated carbocycles. The van der Waals surface area contributed by atoms with Crippen LogP contribution >= 0.6 is 11.3 Å². The number of anilines is 1. The Kier molecular flexibility index (Phi) is 5.75. The number of carbonyl (C=O) groups excluding carboxylic acids is 2. The maximum absolute atomic E-state index is 12.8. The molecule has 4 rings (SSSR count). The Bertz CT molecular complexity index is 1040. The molecule has 9 nitrogen and oxygen atoms in total. The summed E-state index contributed by atoms with van der Waals surface area (Å²) in [5, 5.41) is 9.51. The number of piperidine rings is 1. The van der Waals surface area contributed by atoms with Gasteiger partial charge in [0.25, 0.3) is 5.91 Å². The van der Waals surface area contributed by atoms with E-state index in [0.717, 1.165) is 11.3 Å². The molecule has 1 aliphatic heterocycles. The highest BCUT2D eigenvalue weighted by Crippen LogP contribution is 2.27. The standard InChI is InChI=1S/C20H22N6O3S/c1-25-11-15(18(24-25)29-2)19(28)26-8-5-13(6-9-26)17(27)23-20-22-16(12-30-20)14-4-3-7-21-10-14/h3-4,7,10-13H,5-6,8-9H2,1-2H3,(H,22,23,27). The molecule has 1 fully saturated rings. The van der Waals surface area contributed by atoms with Gasteiger partial charge in [0.1, 0.15) is 5.56 Å². The minimum Gasteiger partial charge on any atom is -0.479 e. The van der Waals surface area contributed by atoms with Gasteiger partial charge < -0.3 is 15.0 Å². The van der Waals surface area contributed by atoms with Crippen LogP contribution in [0, 0.1) is 5.92 Å². The molecule has 3 aromatic heterocycles. The van der Waals surface area contributed by atoms with E-state index in [0.29, 0.717) is 42.5 Å². The first-order valence-corrected chi connectivity index (χ1v) is 10.5. The summed E-state index contributed by atoms with van der Waals surface area (Å²) in [4.78, 5) is 35.8. The monoisotopic (exact) mass is 426 g/mol. The van der Waals surface area contributed by atoms with Crippen LogP contribution in [0.15, 0.2) is 36.1 Å². The maximum atomic E-state index is 12.8. The quantitative estimate of drug-likeness (QED) is 0.672. The van der Waals surface area contributed by atoms with Crippen molar-refractivity contribution in [1.82, 2.24) is 24.6 Å². The van der Waals surface area contributed by atoms with Crippen LogP contribution in [-0.2, 0) is 11.8 Å². The molecule has 0 bridgehead atoms. The third kappa shape index (κ3) is 4.18. The van der Waals surface area contributed by atoms with E-state index in [1.807, 2.05) is 17.5 Å². The van der Waals surface area contributed by atoms with Gasteiger partial charge in [-0.05, 0) is 25.0 Å². The van der Waals surface area contributed by atoms with Crippen molar-refractivity contribution >= 4 is 28.3 Å². The Morgan fingerprint density at radius 1 is 1.30 bits per heavy atom. The van der Waals surface area contributed by atoms with Gasteiger partial charge in [0.15, 0.2) is 5.13 Å². The molecule has 0 radical (unpaired) electrons. The first-order valence-electron chi connectivity index (χ1n) is 9.59. The Morgan fingerprint density at radius 2 is 2.10 bits per heavy atom. The topological polar surface area (TPSA) is 102 Å². The van der Waals surface area contributed by atoms with Gasteiger partial charge in [0.05, 0.1) is 12.8 Å². The van der Waals surface area contributed by atoms with Gasteiger partial charge in [0, 0.05) is 55.6 Å². The molecule has 10 heteroatoms. The van der Waals surface area contributed by atoms with Gasteiger partial charge in [-0.25, -0.2) is 4.98 Å². The van der Waals surface area contributed by atoms with Gasteiger partial charge in [-0.15, -0.1) is 16.4 Å². The first kappa shape index (κ1) is 20.0. The lowest BCUT2D eigenvalue weighted by Gasteiger charge is -2.31. The molecule has 2 amide bonds. The molecule has 1 aliphatic rings. The highest BCUT2D eigenvalue weighted by atomic mass is 32.1. The van der Waals surface area contributed by atoms with Gasteiger partial charge in [-0.3, -0.25) is 19.3 Å². The van der Waals surface area contributed by atoms with E-state index in [4.69, 9.17) is 4.74 Å². The number of hydrogen-bond acceptors (Lipinski definition) is 7. The van der Waals surface area contributed by atoms with Crippen LogP contribution < -0.4 is 10.1 Å². The number of thiazole rings is 1. The van der Waals surface area contributed by atoms with Gasteiger partial charge in [-0.2, -0.15) is 0 Å². The second kappa shape index (κ2) is 8.62. The van der Waals surface area contributed by atoms with Crippen molar-refractivity contribution in [3.05, 3.63) is 41.7 Å². The Morgan fingerprint density at radius 3 is 2.80 bits per heavy atom. The summed E-state index contributed by atoms with van der Waals surface area (Å²) < 4.78 is 6.74. The van der Waals surface area contributed by atoms with Crippen LogP contribution in [0.5, 0.6) is 5.88 Å². The van der Waals surface area contributed by atoms with Crippen molar-refractivity contribution in [3.63, 3.8) is 0 Å². The number of nitrogens with one attached hydrogen (secondary N) is 1.